The number of carbonyl (C=O) groups excluding carboxylic acids is 2. The first-order valence-electron chi connectivity index (χ1n) is 13.2. The maximum atomic E-state index is 13.9. The van der Waals surface area contributed by atoms with E-state index in [1.54, 1.807) is 54.7 Å². The van der Waals surface area contributed by atoms with Crippen LogP contribution in [-0.2, 0) is 14.3 Å². The number of nitrogens with one attached hydrogen (secondary N) is 4. The summed E-state index contributed by atoms with van der Waals surface area (Å²) < 4.78 is 5.46. The van der Waals surface area contributed by atoms with Gasteiger partial charge in [-0.25, -0.2) is 4.79 Å². The van der Waals surface area contributed by atoms with Crippen molar-refractivity contribution in [1.82, 2.24) is 10.3 Å². The fraction of sp³-hybridized carbons (Fsp3) is 0.226. The van der Waals surface area contributed by atoms with Gasteiger partial charge in [-0.3, -0.25) is 19.7 Å². The Morgan fingerprint density at radius 3 is 2.63 bits per heavy atom. The number of benzene rings is 3. The van der Waals surface area contributed by atoms with E-state index in [0.717, 1.165) is 16.5 Å². The molecule has 3 aromatic carbocycles. The number of aromatic nitrogens is 1. The van der Waals surface area contributed by atoms with Gasteiger partial charge in [-0.15, -0.1) is 0 Å². The molecule has 10 heteroatoms. The van der Waals surface area contributed by atoms with E-state index < -0.39 is 30.1 Å². The molecule has 0 saturated carbocycles. The smallest absolute Gasteiger partial charge is 0.411 e. The van der Waals surface area contributed by atoms with Gasteiger partial charge < -0.3 is 25.5 Å². The molecule has 3 heterocycles. The molecule has 0 fully saturated rings. The number of fused-ring (bicyclic) bond motifs is 10. The van der Waals surface area contributed by atoms with Crippen LogP contribution in [0.5, 0.6) is 0 Å². The van der Waals surface area contributed by atoms with E-state index in [1.165, 1.54) is 0 Å². The Balaban J connectivity index is 1.59. The Bertz CT molecular complexity index is 1700. The molecule has 2 amide bonds. The average molecular weight is 555 g/mol. The van der Waals surface area contributed by atoms with Crippen LogP contribution < -0.4 is 21.5 Å². The van der Waals surface area contributed by atoms with Crippen molar-refractivity contribution in [3.63, 3.8) is 0 Å². The number of carboxylic acids is 1. The van der Waals surface area contributed by atoms with E-state index in [1.807, 2.05) is 32.0 Å². The van der Waals surface area contributed by atoms with Crippen molar-refractivity contribution in [2.75, 3.05) is 17.2 Å². The summed E-state index contributed by atoms with van der Waals surface area (Å²) in [7, 11) is 0. The third-order valence-corrected chi connectivity index (χ3v) is 7.20. The molecular weight excluding hydrogens is 524 g/mol. The lowest BCUT2D eigenvalue weighted by Gasteiger charge is -2.26. The van der Waals surface area contributed by atoms with Crippen LogP contribution >= 0.6 is 0 Å². The lowest BCUT2D eigenvalue weighted by molar-refractivity contribution is -0.137. The molecule has 10 nitrogen and oxygen atoms in total. The SMILES string of the molecule is Cc1cc2ccc1[C@@H](C)COC(=O)Nc1cccc(c1)C(CC(=O)O)NC(=O)C2Nc1ccc2cc[nH]c(=O)c2c1. The number of carbonyl (C=O) groups is 3. The normalized spacial score (nSPS) is 19.2. The molecule has 0 saturated heterocycles. The molecule has 2 aliphatic heterocycles. The summed E-state index contributed by atoms with van der Waals surface area (Å²) >= 11 is 0. The van der Waals surface area contributed by atoms with E-state index >= 15 is 0 Å². The van der Waals surface area contributed by atoms with E-state index in [2.05, 4.69) is 20.9 Å². The van der Waals surface area contributed by atoms with Crippen LogP contribution in [0.4, 0.5) is 16.2 Å². The first kappa shape index (κ1) is 27.4. The molecule has 6 rings (SSSR count). The van der Waals surface area contributed by atoms with Gasteiger partial charge in [-0.2, -0.15) is 0 Å². The molecule has 0 radical (unpaired) electrons. The van der Waals surface area contributed by atoms with Gasteiger partial charge in [0.1, 0.15) is 6.04 Å². The van der Waals surface area contributed by atoms with E-state index in [9.17, 15) is 24.3 Å². The summed E-state index contributed by atoms with van der Waals surface area (Å²) in [6.07, 6.45) is 0.562. The molecule has 2 aliphatic rings. The highest BCUT2D eigenvalue weighted by Crippen LogP contribution is 2.29. The zero-order valence-corrected chi connectivity index (χ0v) is 22.6. The number of rotatable bonds is 4. The minimum atomic E-state index is -1.10. The number of carboxylic acid groups (broad SMARTS) is 1. The van der Waals surface area contributed by atoms with Gasteiger partial charge in [0.05, 0.1) is 19.1 Å². The molecule has 41 heavy (non-hydrogen) atoms. The zero-order valence-electron chi connectivity index (χ0n) is 22.6. The number of aliphatic carboxylic acids is 1. The molecule has 2 unspecified atom stereocenters. The van der Waals surface area contributed by atoms with Crippen molar-refractivity contribution in [3.05, 3.63) is 106 Å². The van der Waals surface area contributed by atoms with Gasteiger partial charge in [0, 0.05) is 28.9 Å². The predicted molar refractivity (Wildman–Crippen MR) is 155 cm³/mol. The summed E-state index contributed by atoms with van der Waals surface area (Å²) in [4.78, 5) is 53.3. The molecule has 4 aromatic rings. The number of pyridine rings is 1. The average Bonchev–Trinajstić information content (AvgIpc) is 2.94. The van der Waals surface area contributed by atoms with Crippen molar-refractivity contribution in [3.8, 4) is 0 Å². The summed E-state index contributed by atoms with van der Waals surface area (Å²) in [5, 5.41) is 19.7. The van der Waals surface area contributed by atoms with Gasteiger partial charge in [-0.05, 0) is 64.9 Å². The molecule has 1 aromatic heterocycles. The minimum absolute atomic E-state index is 0.110. The lowest BCUT2D eigenvalue weighted by Crippen LogP contribution is -2.37. The molecular formula is C31H30N4O6. The van der Waals surface area contributed by atoms with Crippen molar-refractivity contribution < 1.29 is 24.2 Å². The first-order chi connectivity index (χ1) is 19.7. The number of amides is 2. The summed E-state index contributed by atoms with van der Waals surface area (Å²) in [6.45, 7) is 4.01. The standard InChI is InChI=1S/C31H30N4O6/c1-17-12-21-7-9-24(17)18(2)16-41-31(40)34-22-5-3-4-20(13-22)26(15-27(36)37)35-30(39)28(21)33-23-8-6-19-10-11-32-29(38)25(19)14-23/h3-14,18,26,28,33H,15-16H2,1-2H3,(H,32,38)(H,34,40)(H,35,39)(H,36,37)/t18-,26?,28?/m0/s1. The topological polar surface area (TPSA) is 150 Å². The largest absolute Gasteiger partial charge is 0.481 e. The third-order valence-electron chi connectivity index (χ3n) is 7.20. The molecule has 3 atom stereocenters. The number of aryl methyl sites for hydroxylation is 1. The van der Waals surface area contributed by atoms with Crippen LogP contribution in [-0.4, -0.2) is 34.7 Å². The van der Waals surface area contributed by atoms with Crippen LogP contribution in [0.1, 0.15) is 53.6 Å². The van der Waals surface area contributed by atoms with E-state index in [0.29, 0.717) is 27.9 Å². The maximum absolute atomic E-state index is 13.9. The summed E-state index contributed by atoms with van der Waals surface area (Å²) in [5.41, 5.74) is 3.70. The number of hydrogen-bond acceptors (Lipinski definition) is 6. The quantitative estimate of drug-likeness (QED) is 0.239. The van der Waals surface area contributed by atoms with Crippen molar-refractivity contribution in [2.45, 2.75) is 38.3 Å². The number of ether oxygens (including phenoxy) is 1. The molecule has 0 aliphatic carbocycles. The molecule has 4 bridgehead atoms. The monoisotopic (exact) mass is 554 g/mol. The van der Waals surface area contributed by atoms with Crippen LogP contribution in [0.3, 0.4) is 0 Å². The van der Waals surface area contributed by atoms with Gasteiger partial charge in [-0.1, -0.05) is 43.3 Å². The van der Waals surface area contributed by atoms with Crippen LogP contribution in [0.15, 0.2) is 77.7 Å². The fourth-order valence-corrected chi connectivity index (χ4v) is 5.13. The Kier molecular flexibility index (Phi) is 7.73. The fourth-order valence-electron chi connectivity index (χ4n) is 5.13. The third kappa shape index (κ3) is 6.22. The second kappa shape index (κ2) is 11.5. The van der Waals surface area contributed by atoms with Gasteiger partial charge >= 0.3 is 12.1 Å². The highest BCUT2D eigenvalue weighted by atomic mass is 16.5. The van der Waals surface area contributed by atoms with Gasteiger partial charge in [0.25, 0.3) is 5.56 Å². The van der Waals surface area contributed by atoms with Gasteiger partial charge in [0.15, 0.2) is 0 Å². The maximum Gasteiger partial charge on any atom is 0.411 e. The van der Waals surface area contributed by atoms with Crippen molar-refractivity contribution >= 4 is 40.1 Å². The highest BCUT2D eigenvalue weighted by Gasteiger charge is 2.27. The Hall–Kier alpha value is -5.12. The number of aromatic amines is 1. The van der Waals surface area contributed by atoms with Crippen molar-refractivity contribution in [1.29, 1.82) is 0 Å². The Morgan fingerprint density at radius 2 is 1.85 bits per heavy atom. The highest BCUT2D eigenvalue weighted by molar-refractivity contribution is 5.90. The summed E-state index contributed by atoms with van der Waals surface area (Å²) in [6, 6.07) is 17.5. The number of anilines is 2. The van der Waals surface area contributed by atoms with Gasteiger partial charge in [0.2, 0.25) is 5.91 Å². The second-order valence-electron chi connectivity index (χ2n) is 10.2. The Morgan fingerprint density at radius 1 is 1.02 bits per heavy atom. The second-order valence-corrected chi connectivity index (χ2v) is 10.2. The number of hydrogen-bond donors (Lipinski definition) is 5. The van der Waals surface area contributed by atoms with Crippen molar-refractivity contribution in [2.24, 2.45) is 0 Å². The van der Waals surface area contributed by atoms with E-state index in [-0.39, 0.29) is 24.5 Å². The predicted octanol–water partition coefficient (Wildman–Crippen LogP) is 4.99. The van der Waals surface area contributed by atoms with Crippen LogP contribution in [0, 0.1) is 6.92 Å². The summed E-state index contributed by atoms with van der Waals surface area (Å²) in [5.74, 6) is -1.67. The molecule has 0 spiro atoms. The molecule has 5 N–H and O–H groups in total. The lowest BCUT2D eigenvalue weighted by atomic mass is 9.92. The van der Waals surface area contributed by atoms with Crippen LogP contribution in [0.25, 0.3) is 10.8 Å². The zero-order chi connectivity index (χ0) is 29.1. The van der Waals surface area contributed by atoms with Crippen LogP contribution in [0.2, 0.25) is 0 Å². The first-order valence-corrected chi connectivity index (χ1v) is 13.2. The minimum Gasteiger partial charge on any atom is -0.481 e. The van der Waals surface area contributed by atoms with E-state index in [4.69, 9.17) is 4.74 Å². The number of H-pyrrole nitrogens is 1. The molecule has 210 valence electrons. The Labute approximate surface area is 235 Å².